The molecular weight excluding hydrogens is 318 g/mol. The predicted octanol–water partition coefficient (Wildman–Crippen LogP) is 5.11. The monoisotopic (exact) mass is 339 g/mol. The van der Waals surface area contributed by atoms with E-state index in [1.807, 2.05) is 12.1 Å². The van der Waals surface area contributed by atoms with Gasteiger partial charge in [0.2, 0.25) is 0 Å². The lowest BCUT2D eigenvalue weighted by molar-refractivity contribution is 0.415. The van der Waals surface area contributed by atoms with Gasteiger partial charge < -0.3 is 10.1 Å². The van der Waals surface area contributed by atoms with Crippen LogP contribution >= 0.6 is 11.3 Å². The maximum absolute atomic E-state index is 5.26. The van der Waals surface area contributed by atoms with Crippen LogP contribution in [-0.2, 0) is 0 Å². The van der Waals surface area contributed by atoms with Gasteiger partial charge in [-0.05, 0) is 30.5 Å². The maximum Gasteiger partial charge on any atom is 0.139 e. The number of methoxy groups -OCH3 is 1. The van der Waals surface area contributed by atoms with E-state index in [0.717, 1.165) is 21.8 Å². The Balaban J connectivity index is 1.73. The van der Waals surface area contributed by atoms with E-state index in [4.69, 9.17) is 4.74 Å². The average molecular weight is 339 g/mol. The second-order valence-corrected chi connectivity index (χ2v) is 7.12. The molecule has 5 heteroatoms. The fourth-order valence-corrected chi connectivity index (χ4v) is 4.32. The van der Waals surface area contributed by atoms with Gasteiger partial charge in [0.1, 0.15) is 22.7 Å². The van der Waals surface area contributed by atoms with E-state index >= 15 is 0 Å². The van der Waals surface area contributed by atoms with Gasteiger partial charge in [-0.2, -0.15) is 0 Å². The Kier molecular flexibility index (Phi) is 4.34. The van der Waals surface area contributed by atoms with Crippen molar-refractivity contribution in [3.63, 3.8) is 0 Å². The Morgan fingerprint density at radius 3 is 2.62 bits per heavy atom. The molecule has 1 aliphatic carbocycles. The summed E-state index contributed by atoms with van der Waals surface area (Å²) >= 11 is 1.67. The third-order valence-corrected chi connectivity index (χ3v) is 5.60. The summed E-state index contributed by atoms with van der Waals surface area (Å²) in [5.74, 6) is 1.84. The molecule has 1 saturated carbocycles. The van der Waals surface area contributed by atoms with Crippen LogP contribution in [0.1, 0.15) is 32.1 Å². The Bertz CT molecular complexity index is 822. The molecule has 1 N–H and O–H groups in total. The fourth-order valence-electron chi connectivity index (χ4n) is 3.41. The Morgan fingerprint density at radius 1 is 1.08 bits per heavy atom. The van der Waals surface area contributed by atoms with E-state index < -0.39 is 0 Å². The number of fused-ring (bicyclic) bond motifs is 1. The number of nitrogens with zero attached hydrogens (tertiary/aromatic N) is 2. The number of hydrogen-bond donors (Lipinski definition) is 1. The zero-order valence-corrected chi connectivity index (χ0v) is 14.6. The van der Waals surface area contributed by atoms with E-state index in [-0.39, 0.29) is 0 Å². The number of thiophene rings is 1. The van der Waals surface area contributed by atoms with Crippen molar-refractivity contribution in [3.05, 3.63) is 36.0 Å². The number of anilines is 1. The maximum atomic E-state index is 5.26. The molecule has 24 heavy (non-hydrogen) atoms. The average Bonchev–Trinajstić information content (AvgIpc) is 3.08. The van der Waals surface area contributed by atoms with Gasteiger partial charge in [-0.1, -0.05) is 31.4 Å². The van der Waals surface area contributed by atoms with Gasteiger partial charge in [-0.15, -0.1) is 11.3 Å². The summed E-state index contributed by atoms with van der Waals surface area (Å²) in [5, 5.41) is 6.98. The number of aromatic nitrogens is 2. The molecule has 0 spiro atoms. The SMILES string of the molecule is COc1ccc(-c2csc3ncnc(NC4CCCCC4)c23)cc1. The highest BCUT2D eigenvalue weighted by Gasteiger charge is 2.18. The highest BCUT2D eigenvalue weighted by Crippen LogP contribution is 2.37. The lowest BCUT2D eigenvalue weighted by atomic mass is 9.95. The van der Waals surface area contributed by atoms with Crippen LogP contribution < -0.4 is 10.1 Å². The van der Waals surface area contributed by atoms with Crippen molar-refractivity contribution in [1.82, 2.24) is 9.97 Å². The minimum Gasteiger partial charge on any atom is -0.497 e. The molecule has 1 aliphatic rings. The first-order chi connectivity index (χ1) is 11.8. The molecule has 0 bridgehead atoms. The minimum absolute atomic E-state index is 0.528. The van der Waals surface area contributed by atoms with Gasteiger partial charge in [0.25, 0.3) is 0 Å². The van der Waals surface area contributed by atoms with Crippen LogP contribution in [-0.4, -0.2) is 23.1 Å². The topological polar surface area (TPSA) is 47.0 Å². The minimum atomic E-state index is 0.528. The molecule has 4 rings (SSSR count). The van der Waals surface area contributed by atoms with Gasteiger partial charge in [0, 0.05) is 17.0 Å². The van der Waals surface area contributed by atoms with Crippen LogP contribution in [0.4, 0.5) is 5.82 Å². The molecule has 3 aromatic rings. The van der Waals surface area contributed by atoms with Crippen LogP contribution in [0.25, 0.3) is 21.3 Å². The molecule has 1 aromatic carbocycles. The van der Waals surface area contributed by atoms with Crippen molar-refractivity contribution < 1.29 is 4.74 Å². The Hall–Kier alpha value is -2.14. The van der Waals surface area contributed by atoms with E-state index in [1.54, 1.807) is 24.8 Å². The molecule has 1 fully saturated rings. The molecule has 0 radical (unpaired) electrons. The fraction of sp³-hybridized carbons (Fsp3) is 0.368. The molecule has 0 saturated heterocycles. The number of rotatable bonds is 4. The van der Waals surface area contributed by atoms with Crippen molar-refractivity contribution in [3.8, 4) is 16.9 Å². The summed E-state index contributed by atoms with van der Waals surface area (Å²) < 4.78 is 5.26. The third-order valence-electron chi connectivity index (χ3n) is 4.72. The van der Waals surface area contributed by atoms with Crippen LogP contribution in [0.15, 0.2) is 36.0 Å². The molecule has 2 aromatic heterocycles. The van der Waals surface area contributed by atoms with Crippen LogP contribution in [0.5, 0.6) is 5.75 Å². The molecular formula is C19H21N3OS. The standard InChI is InChI=1S/C19H21N3OS/c1-23-15-9-7-13(8-10-15)16-11-24-19-17(16)18(20-12-21-19)22-14-5-3-2-4-6-14/h7-12,14H,2-6H2,1H3,(H,20,21,22). The summed E-state index contributed by atoms with van der Waals surface area (Å²) in [4.78, 5) is 10.0. The van der Waals surface area contributed by atoms with E-state index in [2.05, 4.69) is 32.8 Å². The normalized spacial score (nSPS) is 15.5. The van der Waals surface area contributed by atoms with Crippen LogP contribution in [0.2, 0.25) is 0 Å². The van der Waals surface area contributed by atoms with Crippen molar-refractivity contribution in [2.45, 2.75) is 38.1 Å². The molecule has 0 unspecified atom stereocenters. The summed E-state index contributed by atoms with van der Waals surface area (Å²) in [6.07, 6.45) is 8.09. The number of nitrogens with one attached hydrogen (secondary N) is 1. The largest absolute Gasteiger partial charge is 0.497 e. The summed E-state index contributed by atoms with van der Waals surface area (Å²) in [7, 11) is 1.69. The Labute approximate surface area is 145 Å². The van der Waals surface area contributed by atoms with Crippen LogP contribution in [0.3, 0.4) is 0 Å². The number of benzene rings is 1. The van der Waals surface area contributed by atoms with Gasteiger partial charge in [0.15, 0.2) is 0 Å². The summed E-state index contributed by atoms with van der Waals surface area (Å²) in [5.41, 5.74) is 2.36. The highest BCUT2D eigenvalue weighted by molar-refractivity contribution is 7.17. The van der Waals surface area contributed by atoms with Crippen molar-refractivity contribution in [2.24, 2.45) is 0 Å². The third kappa shape index (κ3) is 2.96. The zero-order valence-electron chi connectivity index (χ0n) is 13.8. The van der Waals surface area contributed by atoms with Crippen molar-refractivity contribution in [2.75, 3.05) is 12.4 Å². The Morgan fingerprint density at radius 2 is 1.88 bits per heavy atom. The van der Waals surface area contributed by atoms with Gasteiger partial charge in [-0.3, -0.25) is 0 Å². The van der Waals surface area contributed by atoms with E-state index in [0.29, 0.717) is 6.04 Å². The molecule has 2 heterocycles. The molecule has 0 amide bonds. The van der Waals surface area contributed by atoms with Crippen LogP contribution in [0, 0.1) is 0 Å². The molecule has 124 valence electrons. The van der Waals surface area contributed by atoms with Gasteiger partial charge in [-0.25, -0.2) is 9.97 Å². The molecule has 4 nitrogen and oxygen atoms in total. The number of hydrogen-bond acceptors (Lipinski definition) is 5. The zero-order chi connectivity index (χ0) is 16.4. The van der Waals surface area contributed by atoms with E-state index in [9.17, 15) is 0 Å². The molecule has 0 atom stereocenters. The second kappa shape index (κ2) is 6.77. The van der Waals surface area contributed by atoms with Crippen molar-refractivity contribution >= 4 is 27.4 Å². The highest BCUT2D eigenvalue weighted by atomic mass is 32.1. The molecule has 0 aliphatic heterocycles. The summed E-state index contributed by atoms with van der Waals surface area (Å²) in [6.45, 7) is 0. The van der Waals surface area contributed by atoms with Gasteiger partial charge in [0.05, 0.1) is 12.5 Å². The van der Waals surface area contributed by atoms with Crippen molar-refractivity contribution in [1.29, 1.82) is 0 Å². The number of ether oxygens (including phenoxy) is 1. The first-order valence-electron chi connectivity index (χ1n) is 8.48. The summed E-state index contributed by atoms with van der Waals surface area (Å²) in [6, 6.07) is 8.71. The lowest BCUT2D eigenvalue weighted by Gasteiger charge is -2.23. The first kappa shape index (κ1) is 15.4. The quantitative estimate of drug-likeness (QED) is 0.717. The van der Waals surface area contributed by atoms with Gasteiger partial charge >= 0.3 is 0 Å². The smallest absolute Gasteiger partial charge is 0.139 e. The second-order valence-electron chi connectivity index (χ2n) is 6.26. The first-order valence-corrected chi connectivity index (χ1v) is 9.36. The van der Waals surface area contributed by atoms with E-state index in [1.165, 1.54) is 43.2 Å². The lowest BCUT2D eigenvalue weighted by Crippen LogP contribution is -2.22. The predicted molar refractivity (Wildman–Crippen MR) is 99.9 cm³/mol.